The lowest BCUT2D eigenvalue weighted by atomic mass is 10.1. The highest BCUT2D eigenvalue weighted by Gasteiger charge is 2.16. The van der Waals surface area contributed by atoms with Crippen LogP contribution in [0.1, 0.15) is 33.8 Å². The smallest absolute Gasteiger partial charge is 0.135 e. The molecule has 0 aliphatic heterocycles. The van der Waals surface area contributed by atoms with Crippen LogP contribution in [0, 0.1) is 19.7 Å². The highest BCUT2D eigenvalue weighted by Crippen LogP contribution is 2.30. The molecule has 0 bridgehead atoms. The van der Waals surface area contributed by atoms with Gasteiger partial charge in [-0.2, -0.15) is 0 Å². The number of thiophene rings is 1. The molecule has 1 aromatic heterocycles. The van der Waals surface area contributed by atoms with E-state index in [-0.39, 0.29) is 16.6 Å². The first-order valence-corrected chi connectivity index (χ1v) is 7.54. The van der Waals surface area contributed by atoms with Crippen molar-refractivity contribution in [3.63, 3.8) is 0 Å². The molecule has 2 rings (SSSR count). The lowest BCUT2D eigenvalue weighted by Gasteiger charge is -2.18. The van der Waals surface area contributed by atoms with Gasteiger partial charge in [-0.3, -0.25) is 0 Å². The highest BCUT2D eigenvalue weighted by atomic mass is 32.1. The second kappa shape index (κ2) is 5.89. The van der Waals surface area contributed by atoms with Crippen LogP contribution in [0.5, 0.6) is 0 Å². The van der Waals surface area contributed by atoms with Crippen LogP contribution in [0.4, 0.5) is 10.1 Å². The van der Waals surface area contributed by atoms with Gasteiger partial charge in [0.15, 0.2) is 0 Å². The van der Waals surface area contributed by atoms with Crippen LogP contribution in [0.15, 0.2) is 24.3 Å². The Morgan fingerprint density at radius 2 is 2.10 bits per heavy atom. The van der Waals surface area contributed by atoms with Crippen molar-refractivity contribution in [3.8, 4) is 0 Å². The zero-order valence-corrected chi connectivity index (χ0v) is 13.3. The molecule has 0 saturated carbocycles. The number of halogens is 1. The molecule has 0 fully saturated rings. The average molecular weight is 308 g/mol. The van der Waals surface area contributed by atoms with E-state index in [2.05, 4.69) is 25.2 Å². The Labute approximate surface area is 127 Å². The Balaban J connectivity index is 2.33. The van der Waals surface area contributed by atoms with Gasteiger partial charge in [-0.1, -0.05) is 18.3 Å². The number of hydrogen-bond donors (Lipinski definition) is 2. The van der Waals surface area contributed by atoms with Gasteiger partial charge in [0, 0.05) is 21.5 Å². The fourth-order valence-electron chi connectivity index (χ4n) is 2.29. The average Bonchev–Trinajstić information content (AvgIpc) is 2.68. The highest BCUT2D eigenvalue weighted by molar-refractivity contribution is 7.80. The van der Waals surface area contributed by atoms with Gasteiger partial charge in [0.25, 0.3) is 0 Å². The molecule has 0 spiro atoms. The van der Waals surface area contributed by atoms with Gasteiger partial charge in [-0.05, 0) is 44.5 Å². The van der Waals surface area contributed by atoms with E-state index in [1.54, 1.807) is 23.5 Å². The van der Waals surface area contributed by atoms with Crippen molar-refractivity contribution in [1.29, 1.82) is 0 Å². The lowest BCUT2D eigenvalue weighted by Crippen LogP contribution is -2.17. The molecule has 5 heteroatoms. The normalized spacial score (nSPS) is 12.2. The van der Waals surface area contributed by atoms with Gasteiger partial charge in [-0.15, -0.1) is 11.3 Å². The number of aryl methyl sites for hydroxylation is 2. The number of hydrogen-bond acceptors (Lipinski definition) is 3. The van der Waals surface area contributed by atoms with Crippen LogP contribution in [-0.4, -0.2) is 4.99 Å². The van der Waals surface area contributed by atoms with Gasteiger partial charge in [-0.25, -0.2) is 4.39 Å². The summed E-state index contributed by atoms with van der Waals surface area (Å²) < 4.78 is 13.8. The molecule has 20 heavy (non-hydrogen) atoms. The molecule has 3 N–H and O–H groups in total. The van der Waals surface area contributed by atoms with Crippen molar-refractivity contribution in [2.75, 3.05) is 5.32 Å². The molecule has 1 heterocycles. The van der Waals surface area contributed by atoms with Crippen molar-refractivity contribution in [1.82, 2.24) is 0 Å². The predicted molar refractivity (Wildman–Crippen MR) is 88.1 cm³/mol. The molecule has 2 nitrogen and oxygen atoms in total. The molecular formula is C15H17FN2S2. The summed E-state index contributed by atoms with van der Waals surface area (Å²) >= 11 is 6.69. The van der Waals surface area contributed by atoms with Crippen LogP contribution in [0.3, 0.4) is 0 Å². The Kier molecular flexibility index (Phi) is 4.40. The number of thiocarbonyl (C=S) groups is 1. The third kappa shape index (κ3) is 2.99. The second-order valence-electron chi connectivity index (χ2n) is 4.76. The first kappa shape index (κ1) is 14.9. The molecule has 1 unspecified atom stereocenters. The molecule has 0 amide bonds. The molecule has 0 radical (unpaired) electrons. The molecule has 106 valence electrons. The summed E-state index contributed by atoms with van der Waals surface area (Å²) in [5.74, 6) is -0.395. The van der Waals surface area contributed by atoms with Gasteiger partial charge in [0.1, 0.15) is 10.8 Å². The van der Waals surface area contributed by atoms with E-state index in [9.17, 15) is 4.39 Å². The van der Waals surface area contributed by atoms with E-state index in [0.717, 1.165) is 0 Å². The van der Waals surface area contributed by atoms with Crippen LogP contribution in [-0.2, 0) is 0 Å². The fourth-order valence-corrected chi connectivity index (χ4v) is 3.52. The first-order valence-electron chi connectivity index (χ1n) is 6.32. The minimum Gasteiger partial charge on any atom is -0.389 e. The molecule has 1 atom stereocenters. The van der Waals surface area contributed by atoms with E-state index >= 15 is 0 Å². The summed E-state index contributed by atoms with van der Waals surface area (Å²) in [6.07, 6.45) is 0. The minimum atomic E-state index is -0.395. The largest absolute Gasteiger partial charge is 0.389 e. The van der Waals surface area contributed by atoms with E-state index in [4.69, 9.17) is 18.0 Å². The van der Waals surface area contributed by atoms with Crippen LogP contribution in [0.25, 0.3) is 0 Å². The van der Waals surface area contributed by atoms with Crippen molar-refractivity contribution in [2.45, 2.75) is 26.8 Å². The number of benzene rings is 1. The van der Waals surface area contributed by atoms with E-state index in [1.165, 1.54) is 21.4 Å². The van der Waals surface area contributed by atoms with E-state index in [0.29, 0.717) is 5.69 Å². The van der Waals surface area contributed by atoms with Crippen LogP contribution < -0.4 is 11.1 Å². The summed E-state index contributed by atoms with van der Waals surface area (Å²) in [4.78, 5) is 2.59. The van der Waals surface area contributed by atoms with Crippen molar-refractivity contribution >= 4 is 34.2 Å². The topological polar surface area (TPSA) is 38.0 Å². The first-order chi connectivity index (χ1) is 9.40. The monoisotopic (exact) mass is 308 g/mol. The summed E-state index contributed by atoms with van der Waals surface area (Å²) in [5, 5.41) is 3.30. The SMILES string of the molecule is Cc1cc(C(C)Nc2cccc(F)c2C(N)=S)c(C)s1. The maximum absolute atomic E-state index is 13.8. The molecular weight excluding hydrogens is 291 g/mol. The zero-order valence-electron chi connectivity index (χ0n) is 11.7. The standard InChI is InChI=1S/C15H17FN2S2/c1-8-7-11(10(3)20-8)9(2)18-13-6-4-5-12(16)14(13)15(17)19/h4-7,9,18H,1-3H3,(H2,17,19). The van der Waals surface area contributed by atoms with Gasteiger partial charge >= 0.3 is 0 Å². The maximum atomic E-state index is 13.8. The molecule has 0 aliphatic rings. The quantitative estimate of drug-likeness (QED) is 0.827. The fraction of sp³-hybridized carbons (Fsp3) is 0.267. The van der Waals surface area contributed by atoms with Crippen molar-refractivity contribution in [2.24, 2.45) is 5.73 Å². The Hall–Kier alpha value is -1.46. The number of nitrogens with one attached hydrogen (secondary N) is 1. The van der Waals surface area contributed by atoms with Gasteiger partial charge < -0.3 is 11.1 Å². The van der Waals surface area contributed by atoms with Crippen molar-refractivity contribution < 1.29 is 4.39 Å². The second-order valence-corrected chi connectivity index (χ2v) is 6.66. The van der Waals surface area contributed by atoms with Gasteiger partial charge in [0.05, 0.1) is 5.56 Å². The molecule has 0 aliphatic carbocycles. The molecule has 1 aromatic carbocycles. The maximum Gasteiger partial charge on any atom is 0.135 e. The third-order valence-corrected chi connectivity index (χ3v) is 4.36. The summed E-state index contributed by atoms with van der Waals surface area (Å²) in [7, 11) is 0. The number of nitrogens with two attached hydrogens (primary N) is 1. The predicted octanol–water partition coefficient (Wildman–Crippen LogP) is 4.31. The Morgan fingerprint density at radius 3 is 2.65 bits per heavy atom. The number of anilines is 1. The zero-order chi connectivity index (χ0) is 14.9. The Morgan fingerprint density at radius 1 is 1.40 bits per heavy atom. The van der Waals surface area contributed by atoms with Gasteiger partial charge in [0.2, 0.25) is 0 Å². The van der Waals surface area contributed by atoms with Crippen molar-refractivity contribution in [3.05, 3.63) is 51.0 Å². The third-order valence-electron chi connectivity index (χ3n) is 3.18. The Bertz CT molecular complexity index is 649. The van der Waals surface area contributed by atoms with Crippen LogP contribution in [0.2, 0.25) is 0 Å². The summed E-state index contributed by atoms with van der Waals surface area (Å²) in [6.45, 7) is 6.21. The van der Waals surface area contributed by atoms with E-state index < -0.39 is 5.82 Å². The van der Waals surface area contributed by atoms with E-state index in [1.807, 2.05) is 6.92 Å². The summed E-state index contributed by atoms with van der Waals surface area (Å²) in [6, 6.07) is 7.03. The lowest BCUT2D eigenvalue weighted by molar-refractivity contribution is 0.625. The molecule has 0 saturated heterocycles. The number of rotatable bonds is 4. The summed E-state index contributed by atoms with van der Waals surface area (Å²) in [5.41, 5.74) is 7.74. The minimum absolute atomic E-state index is 0.0647. The van der Waals surface area contributed by atoms with Crippen LogP contribution >= 0.6 is 23.6 Å². The molecule has 2 aromatic rings.